The van der Waals surface area contributed by atoms with Crippen LogP contribution in [0.25, 0.3) is 0 Å². The molecule has 0 saturated heterocycles. The fourth-order valence-electron chi connectivity index (χ4n) is 2.35. The van der Waals surface area contributed by atoms with Gasteiger partial charge in [0.05, 0.1) is 23.6 Å². The van der Waals surface area contributed by atoms with E-state index in [4.69, 9.17) is 4.74 Å². The Bertz CT molecular complexity index is 751. The maximum atomic E-state index is 12.0. The van der Waals surface area contributed by atoms with Crippen molar-refractivity contribution in [3.05, 3.63) is 63.2 Å². The summed E-state index contributed by atoms with van der Waals surface area (Å²) in [7, 11) is 0. The highest BCUT2D eigenvalue weighted by Gasteiger charge is 2.11. The Kier molecular flexibility index (Phi) is 5.52. The van der Waals surface area contributed by atoms with Gasteiger partial charge < -0.3 is 10.1 Å². The van der Waals surface area contributed by atoms with Crippen molar-refractivity contribution in [2.75, 3.05) is 11.9 Å². The van der Waals surface area contributed by atoms with E-state index in [1.807, 2.05) is 32.0 Å². The van der Waals surface area contributed by atoms with Crippen LogP contribution < -0.4 is 10.1 Å². The number of hydrogen-bond acceptors (Lipinski definition) is 4. The molecule has 126 valence electrons. The number of benzene rings is 2. The van der Waals surface area contributed by atoms with E-state index in [1.54, 1.807) is 13.0 Å². The predicted octanol–water partition coefficient (Wildman–Crippen LogP) is 3.93. The fraction of sp³-hybridized carbons (Fsp3) is 0.278. The molecule has 6 heteroatoms. The molecule has 0 heterocycles. The van der Waals surface area contributed by atoms with Crippen molar-refractivity contribution in [2.24, 2.45) is 0 Å². The highest BCUT2D eigenvalue weighted by Crippen LogP contribution is 2.22. The molecular formula is C18H20N2O4. The summed E-state index contributed by atoms with van der Waals surface area (Å²) in [6.07, 6.45) is 0.162. The molecule has 2 aromatic rings. The standard InChI is InChI=1S/C18H20N2O4/c1-12-8-13(2)10-16(9-12)24-7-6-18(21)19-17-11-15(20(22)23)5-4-14(17)3/h4-5,8-11H,6-7H2,1-3H3,(H,19,21). The molecule has 0 saturated carbocycles. The average Bonchev–Trinajstić information content (AvgIpc) is 2.48. The smallest absolute Gasteiger partial charge is 0.271 e. The Hall–Kier alpha value is -2.89. The van der Waals surface area contributed by atoms with Gasteiger partial charge in [-0.25, -0.2) is 0 Å². The number of non-ortho nitro benzene ring substituents is 1. The van der Waals surface area contributed by atoms with E-state index < -0.39 is 4.92 Å². The highest BCUT2D eigenvalue weighted by atomic mass is 16.6. The Morgan fingerprint density at radius 1 is 1.12 bits per heavy atom. The molecule has 0 fully saturated rings. The van der Waals surface area contributed by atoms with Gasteiger partial charge in [-0.3, -0.25) is 14.9 Å². The van der Waals surface area contributed by atoms with Crippen molar-refractivity contribution in [3.8, 4) is 5.75 Å². The van der Waals surface area contributed by atoms with Gasteiger partial charge in [0.25, 0.3) is 5.69 Å². The lowest BCUT2D eigenvalue weighted by Gasteiger charge is -2.10. The van der Waals surface area contributed by atoms with Gasteiger partial charge in [-0.1, -0.05) is 12.1 Å². The van der Waals surface area contributed by atoms with E-state index >= 15 is 0 Å². The van der Waals surface area contributed by atoms with Crippen LogP contribution in [-0.2, 0) is 4.79 Å². The molecule has 6 nitrogen and oxygen atoms in total. The van der Waals surface area contributed by atoms with Crippen LogP contribution in [0.15, 0.2) is 36.4 Å². The van der Waals surface area contributed by atoms with E-state index in [0.717, 1.165) is 22.4 Å². The molecule has 0 bridgehead atoms. The minimum Gasteiger partial charge on any atom is -0.493 e. The minimum atomic E-state index is -0.488. The Morgan fingerprint density at radius 3 is 2.42 bits per heavy atom. The molecule has 0 radical (unpaired) electrons. The second kappa shape index (κ2) is 7.59. The van der Waals surface area contributed by atoms with E-state index in [2.05, 4.69) is 5.32 Å². The molecular weight excluding hydrogens is 308 g/mol. The second-order valence-electron chi connectivity index (χ2n) is 5.73. The maximum Gasteiger partial charge on any atom is 0.271 e. The van der Waals surface area contributed by atoms with Crippen molar-refractivity contribution in [2.45, 2.75) is 27.2 Å². The van der Waals surface area contributed by atoms with E-state index in [-0.39, 0.29) is 24.6 Å². The number of nitro groups is 1. The fourth-order valence-corrected chi connectivity index (χ4v) is 2.35. The van der Waals surface area contributed by atoms with Crippen molar-refractivity contribution in [1.29, 1.82) is 0 Å². The molecule has 0 atom stereocenters. The summed E-state index contributed by atoms with van der Waals surface area (Å²) in [6, 6.07) is 10.3. The third kappa shape index (κ3) is 4.81. The number of carbonyl (C=O) groups is 1. The maximum absolute atomic E-state index is 12.0. The van der Waals surface area contributed by atoms with Crippen LogP contribution >= 0.6 is 0 Å². The first-order chi connectivity index (χ1) is 11.3. The third-order valence-corrected chi connectivity index (χ3v) is 3.50. The third-order valence-electron chi connectivity index (χ3n) is 3.50. The molecule has 0 aliphatic heterocycles. The zero-order chi connectivity index (χ0) is 17.7. The van der Waals surface area contributed by atoms with E-state index in [9.17, 15) is 14.9 Å². The number of nitrogens with one attached hydrogen (secondary N) is 1. The Balaban J connectivity index is 1.91. The van der Waals surface area contributed by atoms with E-state index in [0.29, 0.717) is 5.69 Å². The number of nitro benzene ring substituents is 1. The zero-order valence-electron chi connectivity index (χ0n) is 14.0. The zero-order valence-corrected chi connectivity index (χ0v) is 14.0. The number of amides is 1. The number of hydrogen-bond donors (Lipinski definition) is 1. The van der Waals surface area contributed by atoms with Crippen LogP contribution in [0.1, 0.15) is 23.1 Å². The lowest BCUT2D eigenvalue weighted by atomic mass is 10.1. The van der Waals surface area contributed by atoms with Gasteiger partial charge in [-0.2, -0.15) is 0 Å². The molecule has 1 N–H and O–H groups in total. The number of ether oxygens (including phenoxy) is 1. The summed E-state index contributed by atoms with van der Waals surface area (Å²) in [5, 5.41) is 13.5. The number of aryl methyl sites for hydroxylation is 3. The molecule has 0 aliphatic rings. The summed E-state index contributed by atoms with van der Waals surface area (Å²) in [5.74, 6) is 0.481. The van der Waals surface area contributed by atoms with Gasteiger partial charge >= 0.3 is 0 Å². The largest absolute Gasteiger partial charge is 0.493 e. The summed E-state index contributed by atoms with van der Waals surface area (Å²) in [5.41, 5.74) is 3.36. The molecule has 0 aliphatic carbocycles. The van der Waals surface area contributed by atoms with E-state index in [1.165, 1.54) is 12.1 Å². The van der Waals surface area contributed by atoms with Crippen LogP contribution in [0.2, 0.25) is 0 Å². The number of nitrogens with zero attached hydrogens (tertiary/aromatic N) is 1. The molecule has 0 unspecified atom stereocenters. The van der Waals surface area contributed by atoms with Gasteiger partial charge in [0.1, 0.15) is 5.75 Å². The molecule has 24 heavy (non-hydrogen) atoms. The van der Waals surface area contributed by atoms with Crippen molar-refractivity contribution < 1.29 is 14.5 Å². The van der Waals surface area contributed by atoms with Gasteiger partial charge in [-0.05, 0) is 49.6 Å². The summed E-state index contributed by atoms with van der Waals surface area (Å²) < 4.78 is 5.60. The van der Waals surface area contributed by atoms with Crippen molar-refractivity contribution >= 4 is 17.3 Å². The van der Waals surface area contributed by atoms with Crippen LogP contribution in [0.4, 0.5) is 11.4 Å². The van der Waals surface area contributed by atoms with Crippen molar-refractivity contribution in [1.82, 2.24) is 0 Å². The quantitative estimate of drug-likeness (QED) is 0.643. The first-order valence-electron chi connectivity index (χ1n) is 7.61. The number of carbonyl (C=O) groups excluding carboxylic acids is 1. The van der Waals surface area contributed by atoms with Gasteiger partial charge in [0, 0.05) is 12.1 Å². The molecule has 2 rings (SSSR count). The van der Waals surface area contributed by atoms with Crippen LogP contribution in [0.5, 0.6) is 5.75 Å². The van der Waals surface area contributed by atoms with Gasteiger partial charge in [0.2, 0.25) is 5.91 Å². The SMILES string of the molecule is Cc1cc(C)cc(OCCC(=O)Nc2cc([N+](=O)[O-])ccc2C)c1. The second-order valence-corrected chi connectivity index (χ2v) is 5.73. The molecule has 0 aromatic heterocycles. The topological polar surface area (TPSA) is 81.5 Å². The summed E-state index contributed by atoms with van der Waals surface area (Å²) in [6.45, 7) is 5.99. The molecule has 2 aromatic carbocycles. The van der Waals surface area contributed by atoms with Gasteiger partial charge in [0.15, 0.2) is 0 Å². The Labute approximate surface area is 140 Å². The monoisotopic (exact) mass is 328 g/mol. The van der Waals surface area contributed by atoms with Crippen LogP contribution in [-0.4, -0.2) is 17.4 Å². The highest BCUT2D eigenvalue weighted by molar-refractivity contribution is 5.91. The lowest BCUT2D eigenvalue weighted by molar-refractivity contribution is -0.384. The number of rotatable bonds is 6. The Morgan fingerprint density at radius 2 is 1.79 bits per heavy atom. The van der Waals surface area contributed by atoms with Crippen LogP contribution in [0, 0.1) is 30.9 Å². The molecule has 1 amide bonds. The normalized spacial score (nSPS) is 10.3. The summed E-state index contributed by atoms with van der Waals surface area (Å²) in [4.78, 5) is 22.3. The van der Waals surface area contributed by atoms with Crippen LogP contribution in [0.3, 0.4) is 0 Å². The summed E-state index contributed by atoms with van der Waals surface area (Å²) >= 11 is 0. The van der Waals surface area contributed by atoms with Crippen molar-refractivity contribution in [3.63, 3.8) is 0 Å². The number of anilines is 1. The lowest BCUT2D eigenvalue weighted by Crippen LogP contribution is -2.16. The first-order valence-corrected chi connectivity index (χ1v) is 7.61. The predicted molar refractivity (Wildman–Crippen MR) is 92.5 cm³/mol. The average molecular weight is 328 g/mol. The van der Waals surface area contributed by atoms with Gasteiger partial charge in [-0.15, -0.1) is 0 Å². The minimum absolute atomic E-state index is 0.0533. The first kappa shape index (κ1) is 17.5. The molecule has 0 spiro atoms.